The molecule has 18 heavy (non-hydrogen) atoms. The first-order valence-corrected chi connectivity index (χ1v) is 5.95. The van der Waals surface area contributed by atoms with E-state index in [1.165, 1.54) is 6.20 Å². The summed E-state index contributed by atoms with van der Waals surface area (Å²) in [6.45, 7) is 5.86. The van der Waals surface area contributed by atoms with E-state index in [2.05, 4.69) is 25.9 Å². The lowest BCUT2D eigenvalue weighted by Crippen LogP contribution is -2.43. The highest BCUT2D eigenvalue weighted by molar-refractivity contribution is 6.32. The zero-order chi connectivity index (χ0) is 13.8. The summed E-state index contributed by atoms with van der Waals surface area (Å²) in [4.78, 5) is 19.7. The van der Waals surface area contributed by atoms with Gasteiger partial charge in [0.1, 0.15) is 5.02 Å². The van der Waals surface area contributed by atoms with Gasteiger partial charge in [0.25, 0.3) is 0 Å². The molecule has 0 aliphatic carbocycles. The lowest BCUT2D eigenvalue weighted by atomic mass is 10.1. The van der Waals surface area contributed by atoms with E-state index in [1.807, 2.05) is 20.8 Å². The Morgan fingerprint density at radius 3 is 2.67 bits per heavy atom. The zero-order valence-corrected chi connectivity index (χ0v) is 11.7. The number of halogens is 1. The second-order valence-electron chi connectivity index (χ2n) is 4.79. The van der Waals surface area contributed by atoms with Crippen LogP contribution in [0.4, 0.5) is 11.8 Å². The third kappa shape index (κ3) is 4.75. The standard InChI is InChI=1S/C11H18ClN5O/c1-11(2,3)17-8(18)6-14-9-7(12)5-15-10(13-4)16-9/h5H,6H2,1-4H3,(H,17,18)(H2,13,14,15,16). The van der Waals surface area contributed by atoms with Crippen LogP contribution in [0.1, 0.15) is 20.8 Å². The number of nitrogens with one attached hydrogen (secondary N) is 3. The van der Waals surface area contributed by atoms with Gasteiger partial charge < -0.3 is 16.0 Å². The van der Waals surface area contributed by atoms with Crippen molar-refractivity contribution in [2.24, 2.45) is 0 Å². The van der Waals surface area contributed by atoms with Gasteiger partial charge >= 0.3 is 0 Å². The first-order chi connectivity index (χ1) is 8.31. The van der Waals surface area contributed by atoms with E-state index in [-0.39, 0.29) is 18.0 Å². The summed E-state index contributed by atoms with van der Waals surface area (Å²) >= 11 is 5.92. The maximum atomic E-state index is 11.6. The molecular formula is C11H18ClN5O. The molecule has 0 radical (unpaired) electrons. The topological polar surface area (TPSA) is 78.9 Å². The predicted octanol–water partition coefficient (Wildman–Crippen LogP) is 1.50. The summed E-state index contributed by atoms with van der Waals surface area (Å²) in [7, 11) is 1.71. The molecule has 1 rings (SSSR count). The van der Waals surface area contributed by atoms with Crippen molar-refractivity contribution < 1.29 is 4.79 Å². The molecule has 100 valence electrons. The Morgan fingerprint density at radius 1 is 1.44 bits per heavy atom. The molecule has 0 bridgehead atoms. The van der Waals surface area contributed by atoms with Crippen LogP contribution in [0.5, 0.6) is 0 Å². The van der Waals surface area contributed by atoms with Crippen LogP contribution in [0.15, 0.2) is 6.20 Å². The molecule has 1 aromatic rings. The minimum absolute atomic E-state index is 0.108. The van der Waals surface area contributed by atoms with Gasteiger partial charge in [0.15, 0.2) is 5.82 Å². The van der Waals surface area contributed by atoms with Crippen LogP contribution in [0.3, 0.4) is 0 Å². The molecule has 0 saturated carbocycles. The quantitative estimate of drug-likeness (QED) is 0.773. The van der Waals surface area contributed by atoms with Gasteiger partial charge in [-0.25, -0.2) is 4.98 Å². The van der Waals surface area contributed by atoms with Gasteiger partial charge in [0, 0.05) is 12.6 Å². The maximum Gasteiger partial charge on any atom is 0.239 e. The number of hydrogen-bond donors (Lipinski definition) is 3. The largest absolute Gasteiger partial charge is 0.360 e. The minimum atomic E-state index is -0.260. The average molecular weight is 272 g/mol. The van der Waals surface area contributed by atoms with Crippen molar-refractivity contribution in [3.8, 4) is 0 Å². The van der Waals surface area contributed by atoms with Crippen molar-refractivity contribution in [1.29, 1.82) is 0 Å². The first kappa shape index (κ1) is 14.5. The van der Waals surface area contributed by atoms with E-state index >= 15 is 0 Å². The Bertz CT molecular complexity index is 430. The van der Waals surface area contributed by atoms with E-state index in [0.717, 1.165) is 0 Å². The van der Waals surface area contributed by atoms with Gasteiger partial charge in [-0.15, -0.1) is 0 Å². The van der Waals surface area contributed by atoms with Crippen molar-refractivity contribution in [3.63, 3.8) is 0 Å². The fourth-order valence-electron chi connectivity index (χ4n) is 1.24. The van der Waals surface area contributed by atoms with E-state index in [4.69, 9.17) is 11.6 Å². The Labute approximate surface area is 112 Å². The van der Waals surface area contributed by atoms with Crippen molar-refractivity contribution in [2.75, 3.05) is 24.2 Å². The number of aromatic nitrogens is 2. The number of carbonyl (C=O) groups excluding carboxylic acids is 1. The maximum absolute atomic E-state index is 11.6. The van der Waals surface area contributed by atoms with Gasteiger partial charge in [-0.3, -0.25) is 4.79 Å². The van der Waals surface area contributed by atoms with Crippen LogP contribution < -0.4 is 16.0 Å². The van der Waals surface area contributed by atoms with Gasteiger partial charge in [0.2, 0.25) is 11.9 Å². The first-order valence-electron chi connectivity index (χ1n) is 5.57. The highest BCUT2D eigenvalue weighted by Crippen LogP contribution is 2.18. The van der Waals surface area contributed by atoms with Crippen LogP contribution in [-0.4, -0.2) is 35.0 Å². The van der Waals surface area contributed by atoms with Crippen LogP contribution in [0.25, 0.3) is 0 Å². The molecule has 0 fully saturated rings. The number of hydrogen-bond acceptors (Lipinski definition) is 5. The number of amides is 1. The lowest BCUT2D eigenvalue weighted by molar-refractivity contribution is -0.120. The Kier molecular flexibility index (Phi) is 4.72. The van der Waals surface area contributed by atoms with Gasteiger partial charge in [-0.05, 0) is 20.8 Å². The smallest absolute Gasteiger partial charge is 0.239 e. The van der Waals surface area contributed by atoms with Gasteiger partial charge in [-0.1, -0.05) is 11.6 Å². The molecule has 0 aromatic carbocycles. The molecule has 3 N–H and O–H groups in total. The summed E-state index contributed by atoms with van der Waals surface area (Å²) in [5.41, 5.74) is -0.260. The second kappa shape index (κ2) is 5.86. The number of rotatable bonds is 4. The molecule has 0 spiro atoms. The fourth-order valence-corrected chi connectivity index (χ4v) is 1.40. The van der Waals surface area contributed by atoms with E-state index in [9.17, 15) is 4.79 Å². The van der Waals surface area contributed by atoms with Crippen molar-refractivity contribution >= 4 is 29.3 Å². The Balaban J connectivity index is 2.60. The summed E-state index contributed by atoms with van der Waals surface area (Å²) in [5.74, 6) is 0.751. The molecule has 0 aliphatic rings. The molecular weight excluding hydrogens is 254 g/mol. The van der Waals surface area contributed by atoms with Crippen LogP contribution >= 0.6 is 11.6 Å². The van der Waals surface area contributed by atoms with Crippen molar-refractivity contribution in [3.05, 3.63) is 11.2 Å². The highest BCUT2D eigenvalue weighted by Gasteiger charge is 2.14. The normalized spacial score (nSPS) is 10.9. The van der Waals surface area contributed by atoms with E-state index in [1.54, 1.807) is 7.05 Å². The lowest BCUT2D eigenvalue weighted by Gasteiger charge is -2.20. The molecule has 1 aromatic heterocycles. The molecule has 1 heterocycles. The fraction of sp³-hybridized carbons (Fsp3) is 0.545. The summed E-state index contributed by atoms with van der Waals surface area (Å²) in [6.07, 6.45) is 1.48. The number of anilines is 2. The molecule has 0 atom stereocenters. The van der Waals surface area contributed by atoms with E-state index < -0.39 is 0 Å². The zero-order valence-electron chi connectivity index (χ0n) is 11.0. The van der Waals surface area contributed by atoms with Gasteiger partial charge in [-0.2, -0.15) is 4.98 Å². The third-order valence-corrected chi connectivity index (χ3v) is 2.18. The van der Waals surface area contributed by atoms with Crippen molar-refractivity contribution in [2.45, 2.75) is 26.3 Å². The number of carbonyl (C=O) groups is 1. The van der Waals surface area contributed by atoms with Crippen LogP contribution in [0, 0.1) is 0 Å². The molecule has 0 unspecified atom stereocenters. The summed E-state index contributed by atoms with van der Waals surface area (Å²) in [5, 5.41) is 8.88. The monoisotopic (exact) mass is 271 g/mol. The van der Waals surface area contributed by atoms with Gasteiger partial charge in [0.05, 0.1) is 12.7 Å². The molecule has 7 heteroatoms. The summed E-state index contributed by atoms with van der Waals surface area (Å²) in [6, 6.07) is 0. The molecule has 0 aliphatic heterocycles. The Morgan fingerprint density at radius 2 is 2.11 bits per heavy atom. The highest BCUT2D eigenvalue weighted by atomic mass is 35.5. The van der Waals surface area contributed by atoms with Crippen molar-refractivity contribution in [1.82, 2.24) is 15.3 Å². The molecule has 1 amide bonds. The van der Waals surface area contributed by atoms with E-state index in [0.29, 0.717) is 16.8 Å². The minimum Gasteiger partial charge on any atom is -0.360 e. The number of nitrogens with zero attached hydrogens (tertiary/aromatic N) is 2. The third-order valence-electron chi connectivity index (χ3n) is 1.90. The summed E-state index contributed by atoms with van der Waals surface area (Å²) < 4.78 is 0. The Hall–Kier alpha value is -1.56. The van der Waals surface area contributed by atoms with Crippen LogP contribution in [0.2, 0.25) is 5.02 Å². The second-order valence-corrected chi connectivity index (χ2v) is 5.20. The SMILES string of the molecule is CNc1ncc(Cl)c(NCC(=O)NC(C)(C)C)n1. The predicted molar refractivity (Wildman–Crippen MR) is 73.0 cm³/mol. The average Bonchev–Trinajstić information content (AvgIpc) is 2.25. The molecule has 0 saturated heterocycles. The van der Waals surface area contributed by atoms with Crippen LogP contribution in [-0.2, 0) is 4.79 Å². The molecule has 6 nitrogen and oxygen atoms in total.